The molecule has 0 bridgehead atoms. The first-order valence-corrected chi connectivity index (χ1v) is 7.81. The monoisotopic (exact) mass is 327 g/mol. The van der Waals surface area contributed by atoms with Crippen LogP contribution in [-0.2, 0) is 13.0 Å². The Kier molecular flexibility index (Phi) is 5.67. The summed E-state index contributed by atoms with van der Waals surface area (Å²) in [5, 5.41) is 9.18. The van der Waals surface area contributed by atoms with Gasteiger partial charge in [0, 0.05) is 29.5 Å². The normalized spacial score (nSPS) is 13.7. The standard InChI is InChI=1S/C15H22BrNO2/c1-2-3-5-17(6-7-18)11-13-10-14(16)9-12-4-8-19-15(12)13/h9-10,18H,2-8,11H2,1H3. The van der Waals surface area contributed by atoms with Crippen LogP contribution in [0, 0.1) is 0 Å². The molecule has 1 N–H and O–H groups in total. The molecule has 1 aliphatic rings. The molecule has 19 heavy (non-hydrogen) atoms. The van der Waals surface area contributed by atoms with Gasteiger partial charge in [-0.15, -0.1) is 0 Å². The van der Waals surface area contributed by atoms with Crippen molar-refractivity contribution in [1.82, 2.24) is 4.90 Å². The predicted octanol–water partition coefficient (Wildman–Crippen LogP) is 2.98. The van der Waals surface area contributed by atoms with E-state index in [4.69, 9.17) is 4.74 Å². The Morgan fingerprint density at radius 3 is 2.95 bits per heavy atom. The molecule has 0 unspecified atom stereocenters. The Balaban J connectivity index is 2.12. The SMILES string of the molecule is CCCCN(CCO)Cc1cc(Br)cc2c1OCC2. The van der Waals surface area contributed by atoms with Crippen molar-refractivity contribution in [2.45, 2.75) is 32.7 Å². The largest absolute Gasteiger partial charge is 0.493 e. The Morgan fingerprint density at radius 2 is 2.21 bits per heavy atom. The summed E-state index contributed by atoms with van der Waals surface area (Å²) >= 11 is 3.57. The number of aliphatic hydroxyl groups excluding tert-OH is 1. The van der Waals surface area contributed by atoms with Crippen LogP contribution in [0.15, 0.2) is 16.6 Å². The quantitative estimate of drug-likeness (QED) is 0.835. The summed E-state index contributed by atoms with van der Waals surface area (Å²) in [6.07, 6.45) is 3.34. The number of fused-ring (bicyclic) bond motifs is 1. The number of ether oxygens (including phenoxy) is 1. The molecule has 3 nitrogen and oxygen atoms in total. The van der Waals surface area contributed by atoms with E-state index in [9.17, 15) is 5.11 Å². The van der Waals surface area contributed by atoms with Crippen LogP contribution >= 0.6 is 15.9 Å². The molecule has 0 aromatic heterocycles. The minimum absolute atomic E-state index is 0.209. The molecule has 0 saturated heterocycles. The number of nitrogens with zero attached hydrogens (tertiary/aromatic N) is 1. The molecule has 1 aliphatic heterocycles. The summed E-state index contributed by atoms with van der Waals surface area (Å²) in [6.45, 7) is 5.79. The topological polar surface area (TPSA) is 32.7 Å². The maximum absolute atomic E-state index is 9.18. The number of unbranched alkanes of at least 4 members (excludes halogenated alkanes) is 1. The van der Waals surface area contributed by atoms with E-state index in [1.54, 1.807) is 0 Å². The van der Waals surface area contributed by atoms with Gasteiger partial charge in [0.25, 0.3) is 0 Å². The van der Waals surface area contributed by atoms with Gasteiger partial charge in [-0.25, -0.2) is 0 Å². The number of hydrogen-bond donors (Lipinski definition) is 1. The smallest absolute Gasteiger partial charge is 0.127 e. The minimum Gasteiger partial charge on any atom is -0.493 e. The predicted molar refractivity (Wildman–Crippen MR) is 80.6 cm³/mol. The lowest BCUT2D eigenvalue weighted by Gasteiger charge is -2.22. The second kappa shape index (κ2) is 7.27. The second-order valence-corrected chi connectivity index (χ2v) is 5.92. The summed E-state index contributed by atoms with van der Waals surface area (Å²) in [7, 11) is 0. The lowest BCUT2D eigenvalue weighted by Crippen LogP contribution is -2.27. The first-order chi connectivity index (χ1) is 9.24. The highest BCUT2D eigenvalue weighted by Crippen LogP contribution is 2.33. The fraction of sp³-hybridized carbons (Fsp3) is 0.600. The van der Waals surface area contributed by atoms with Crippen molar-refractivity contribution in [2.24, 2.45) is 0 Å². The van der Waals surface area contributed by atoms with E-state index >= 15 is 0 Å². The highest BCUT2D eigenvalue weighted by molar-refractivity contribution is 9.10. The highest BCUT2D eigenvalue weighted by atomic mass is 79.9. The third-order valence-corrected chi connectivity index (χ3v) is 3.92. The molecule has 0 saturated carbocycles. The maximum Gasteiger partial charge on any atom is 0.127 e. The van der Waals surface area contributed by atoms with Crippen LogP contribution < -0.4 is 4.74 Å². The van der Waals surface area contributed by atoms with E-state index in [2.05, 4.69) is 39.9 Å². The molecule has 4 heteroatoms. The molecule has 1 aromatic rings. The average molecular weight is 328 g/mol. The van der Waals surface area contributed by atoms with Crippen molar-refractivity contribution in [3.63, 3.8) is 0 Å². The average Bonchev–Trinajstić information content (AvgIpc) is 2.84. The van der Waals surface area contributed by atoms with Crippen molar-refractivity contribution in [1.29, 1.82) is 0 Å². The lowest BCUT2D eigenvalue weighted by atomic mass is 10.1. The Morgan fingerprint density at radius 1 is 1.37 bits per heavy atom. The zero-order valence-corrected chi connectivity index (χ0v) is 13.1. The minimum atomic E-state index is 0.209. The van der Waals surface area contributed by atoms with Crippen molar-refractivity contribution in [2.75, 3.05) is 26.3 Å². The third-order valence-electron chi connectivity index (χ3n) is 3.46. The van der Waals surface area contributed by atoms with Gasteiger partial charge in [0.2, 0.25) is 0 Å². The van der Waals surface area contributed by atoms with Crippen LogP contribution in [0.25, 0.3) is 0 Å². The van der Waals surface area contributed by atoms with Gasteiger partial charge in [-0.2, -0.15) is 0 Å². The number of benzene rings is 1. The van der Waals surface area contributed by atoms with Gasteiger partial charge in [-0.3, -0.25) is 4.90 Å². The van der Waals surface area contributed by atoms with E-state index < -0.39 is 0 Å². The molecule has 2 rings (SSSR count). The van der Waals surface area contributed by atoms with Crippen LogP contribution in [0.5, 0.6) is 5.75 Å². The van der Waals surface area contributed by atoms with Gasteiger partial charge in [0.05, 0.1) is 13.2 Å². The second-order valence-electron chi connectivity index (χ2n) is 5.00. The Labute approximate surface area is 123 Å². The van der Waals surface area contributed by atoms with Gasteiger partial charge in [-0.1, -0.05) is 29.3 Å². The Hall–Kier alpha value is -0.580. The van der Waals surface area contributed by atoms with Gasteiger partial charge < -0.3 is 9.84 Å². The summed E-state index contributed by atoms with van der Waals surface area (Å²) in [4.78, 5) is 2.30. The molecule has 1 aromatic carbocycles. The lowest BCUT2D eigenvalue weighted by molar-refractivity contribution is 0.186. The van der Waals surface area contributed by atoms with Crippen LogP contribution in [0.4, 0.5) is 0 Å². The summed E-state index contributed by atoms with van der Waals surface area (Å²) < 4.78 is 6.87. The van der Waals surface area contributed by atoms with Gasteiger partial charge in [0.15, 0.2) is 0 Å². The van der Waals surface area contributed by atoms with Gasteiger partial charge in [0.1, 0.15) is 5.75 Å². The van der Waals surface area contributed by atoms with E-state index in [-0.39, 0.29) is 6.61 Å². The highest BCUT2D eigenvalue weighted by Gasteiger charge is 2.19. The van der Waals surface area contributed by atoms with E-state index in [0.717, 1.165) is 49.3 Å². The zero-order chi connectivity index (χ0) is 13.7. The first kappa shape index (κ1) is 14.8. The summed E-state index contributed by atoms with van der Waals surface area (Å²) in [5.41, 5.74) is 2.52. The van der Waals surface area contributed by atoms with Crippen molar-refractivity contribution >= 4 is 15.9 Å². The number of halogens is 1. The van der Waals surface area contributed by atoms with Crippen LogP contribution in [0.3, 0.4) is 0 Å². The first-order valence-electron chi connectivity index (χ1n) is 7.02. The molecule has 106 valence electrons. The molecule has 0 amide bonds. The van der Waals surface area contributed by atoms with E-state index in [0.29, 0.717) is 0 Å². The van der Waals surface area contributed by atoms with Crippen molar-refractivity contribution in [3.8, 4) is 5.75 Å². The Bertz CT molecular complexity index is 423. The molecular weight excluding hydrogens is 306 g/mol. The zero-order valence-electron chi connectivity index (χ0n) is 11.5. The van der Waals surface area contributed by atoms with Crippen LogP contribution in [0.1, 0.15) is 30.9 Å². The molecule has 1 heterocycles. The number of rotatable bonds is 7. The molecule has 0 atom stereocenters. The maximum atomic E-state index is 9.18. The molecule has 0 radical (unpaired) electrons. The number of hydrogen-bond acceptors (Lipinski definition) is 3. The fourth-order valence-electron chi connectivity index (χ4n) is 2.50. The van der Waals surface area contributed by atoms with Gasteiger partial charge >= 0.3 is 0 Å². The number of aliphatic hydroxyl groups is 1. The fourth-order valence-corrected chi connectivity index (χ4v) is 3.05. The van der Waals surface area contributed by atoms with Crippen LogP contribution in [0.2, 0.25) is 0 Å². The molecule has 0 spiro atoms. The molecular formula is C15H22BrNO2. The van der Waals surface area contributed by atoms with Crippen molar-refractivity contribution < 1.29 is 9.84 Å². The van der Waals surface area contributed by atoms with E-state index in [1.165, 1.54) is 17.5 Å². The third kappa shape index (κ3) is 3.94. The van der Waals surface area contributed by atoms with Crippen molar-refractivity contribution in [3.05, 3.63) is 27.7 Å². The summed E-state index contributed by atoms with van der Waals surface area (Å²) in [6, 6.07) is 4.29. The molecule has 0 fully saturated rings. The summed E-state index contributed by atoms with van der Waals surface area (Å²) in [5.74, 6) is 1.06. The van der Waals surface area contributed by atoms with E-state index in [1.807, 2.05) is 0 Å². The van der Waals surface area contributed by atoms with Crippen LogP contribution in [-0.4, -0.2) is 36.3 Å². The van der Waals surface area contributed by atoms with Gasteiger partial charge in [-0.05, 0) is 30.7 Å². The molecule has 0 aliphatic carbocycles.